The number of ether oxygens (including phenoxy) is 2. The molecule has 1 fully saturated rings. The van der Waals surface area contributed by atoms with Crippen molar-refractivity contribution < 1.29 is 27.9 Å². The van der Waals surface area contributed by atoms with Crippen LogP contribution in [0.25, 0.3) is 0 Å². The highest BCUT2D eigenvalue weighted by molar-refractivity contribution is 7.89. The number of morpholine rings is 1. The summed E-state index contributed by atoms with van der Waals surface area (Å²) in [7, 11) is -4.10. The number of sulfonamides is 1. The zero-order valence-electron chi connectivity index (χ0n) is 16.1. The van der Waals surface area contributed by atoms with E-state index in [1.165, 1.54) is 23.8 Å². The molecule has 2 heterocycles. The van der Waals surface area contributed by atoms with E-state index in [9.17, 15) is 13.2 Å². The van der Waals surface area contributed by atoms with Gasteiger partial charge in [0.2, 0.25) is 0 Å². The van der Waals surface area contributed by atoms with Crippen molar-refractivity contribution in [2.45, 2.75) is 43.7 Å². The molecule has 0 bridgehead atoms. The summed E-state index contributed by atoms with van der Waals surface area (Å²) in [6, 6.07) is 11.2. The minimum atomic E-state index is -4.10. The maximum atomic E-state index is 13.1. The molecule has 1 aromatic carbocycles. The van der Waals surface area contributed by atoms with Crippen LogP contribution < -0.4 is 10.2 Å². The highest BCUT2D eigenvalue weighted by atomic mass is 32.2. The number of rotatable bonds is 6. The van der Waals surface area contributed by atoms with Gasteiger partial charge in [-0.1, -0.05) is 30.3 Å². The van der Waals surface area contributed by atoms with E-state index in [-0.39, 0.29) is 11.6 Å². The van der Waals surface area contributed by atoms with Crippen molar-refractivity contribution in [2.24, 2.45) is 0 Å². The van der Waals surface area contributed by atoms with Crippen LogP contribution in [0.2, 0.25) is 0 Å². The molecule has 1 aromatic heterocycles. The van der Waals surface area contributed by atoms with Crippen molar-refractivity contribution in [3.8, 4) is 5.75 Å². The van der Waals surface area contributed by atoms with Crippen molar-refractivity contribution in [2.75, 3.05) is 6.54 Å². The van der Waals surface area contributed by atoms with Crippen molar-refractivity contribution in [3.05, 3.63) is 54.2 Å². The van der Waals surface area contributed by atoms with Crippen LogP contribution in [0.5, 0.6) is 5.75 Å². The third-order valence-corrected chi connectivity index (χ3v) is 6.31. The number of hydroxylamine groups is 1. The number of nitrogens with zero attached hydrogens (tertiary/aromatic N) is 2. The predicted octanol–water partition coefficient (Wildman–Crippen LogP) is 1.33. The molecule has 1 amide bonds. The molecule has 0 aliphatic carbocycles. The maximum Gasteiger partial charge on any atom is 0.264 e. The molecule has 3 unspecified atom stereocenters. The summed E-state index contributed by atoms with van der Waals surface area (Å²) >= 11 is 0. The molecule has 2 aromatic rings. The topological polar surface area (TPSA) is 118 Å². The molecule has 0 radical (unpaired) electrons. The monoisotopic (exact) mass is 421 g/mol. The molecule has 1 saturated heterocycles. The number of amides is 1. The quantitative estimate of drug-likeness (QED) is 0.534. The van der Waals surface area contributed by atoms with Gasteiger partial charge in [0.1, 0.15) is 18.4 Å². The highest BCUT2D eigenvalue weighted by Crippen LogP contribution is 2.26. The molecule has 1 aliphatic rings. The third-order valence-electron chi connectivity index (χ3n) is 4.55. The molecular weight excluding hydrogens is 398 g/mol. The first-order valence-corrected chi connectivity index (χ1v) is 10.5. The van der Waals surface area contributed by atoms with Crippen LogP contribution >= 0.6 is 0 Å². The summed E-state index contributed by atoms with van der Waals surface area (Å²) in [5.41, 5.74) is 2.48. The van der Waals surface area contributed by atoms with E-state index in [0.29, 0.717) is 12.4 Å². The summed E-state index contributed by atoms with van der Waals surface area (Å²) in [4.78, 5) is 16.1. The Hall–Kier alpha value is -2.53. The molecule has 1 aliphatic heterocycles. The number of carbonyl (C=O) groups is 1. The maximum absolute atomic E-state index is 13.1. The number of benzene rings is 1. The SMILES string of the molecule is CC1CN(S(=O)(=O)c2ccc(OCc3ccccc3)cn2)C(C(=O)NO)C(C)O1. The van der Waals surface area contributed by atoms with E-state index in [2.05, 4.69) is 4.98 Å². The van der Waals surface area contributed by atoms with E-state index >= 15 is 0 Å². The number of hydrogen-bond donors (Lipinski definition) is 2. The van der Waals surface area contributed by atoms with Crippen molar-refractivity contribution in [1.29, 1.82) is 0 Å². The number of carbonyl (C=O) groups excluding carboxylic acids is 1. The molecule has 9 nitrogen and oxygen atoms in total. The second kappa shape index (κ2) is 8.87. The summed E-state index contributed by atoms with van der Waals surface area (Å²) in [5.74, 6) is -0.447. The fraction of sp³-hybridized carbons (Fsp3) is 0.368. The van der Waals surface area contributed by atoms with Crippen LogP contribution in [0.4, 0.5) is 0 Å². The predicted molar refractivity (Wildman–Crippen MR) is 103 cm³/mol. The summed E-state index contributed by atoms with van der Waals surface area (Å²) < 4.78 is 38.4. The fourth-order valence-electron chi connectivity index (χ4n) is 3.21. The molecule has 29 heavy (non-hydrogen) atoms. The van der Waals surface area contributed by atoms with Gasteiger partial charge in [0, 0.05) is 6.54 Å². The van der Waals surface area contributed by atoms with Crippen LogP contribution in [0.1, 0.15) is 19.4 Å². The van der Waals surface area contributed by atoms with Gasteiger partial charge in [-0.05, 0) is 31.5 Å². The molecular formula is C19H23N3O6S. The van der Waals surface area contributed by atoms with Crippen LogP contribution in [-0.2, 0) is 26.2 Å². The van der Waals surface area contributed by atoms with Gasteiger partial charge in [0.15, 0.2) is 5.03 Å². The Bertz CT molecular complexity index is 936. The van der Waals surface area contributed by atoms with Gasteiger partial charge in [-0.2, -0.15) is 4.31 Å². The Morgan fingerprint density at radius 1 is 1.28 bits per heavy atom. The van der Waals surface area contributed by atoms with Gasteiger partial charge in [0.05, 0.1) is 18.4 Å². The van der Waals surface area contributed by atoms with Crippen LogP contribution in [0.15, 0.2) is 53.7 Å². The number of nitrogens with one attached hydrogen (secondary N) is 1. The fourth-order valence-corrected chi connectivity index (χ4v) is 4.85. The molecule has 2 N–H and O–H groups in total. The van der Waals surface area contributed by atoms with E-state index in [4.69, 9.17) is 14.7 Å². The van der Waals surface area contributed by atoms with Crippen LogP contribution in [0, 0.1) is 0 Å². The zero-order valence-corrected chi connectivity index (χ0v) is 16.9. The van der Waals surface area contributed by atoms with Gasteiger partial charge < -0.3 is 9.47 Å². The smallest absolute Gasteiger partial charge is 0.264 e. The summed E-state index contributed by atoms with van der Waals surface area (Å²) in [5, 5.41) is 8.78. The van der Waals surface area contributed by atoms with Crippen molar-refractivity contribution in [1.82, 2.24) is 14.8 Å². The lowest BCUT2D eigenvalue weighted by Crippen LogP contribution is -2.60. The van der Waals surface area contributed by atoms with E-state index < -0.39 is 34.2 Å². The number of pyridine rings is 1. The Balaban J connectivity index is 1.79. The lowest BCUT2D eigenvalue weighted by molar-refractivity contribution is -0.146. The van der Waals surface area contributed by atoms with Gasteiger partial charge in [0.25, 0.3) is 15.9 Å². The summed E-state index contributed by atoms with van der Waals surface area (Å²) in [6.45, 7) is 3.57. The molecule has 3 rings (SSSR count). The van der Waals surface area contributed by atoms with E-state index in [0.717, 1.165) is 9.87 Å². The standard InChI is InChI=1S/C19H23N3O6S/c1-13-11-22(18(14(2)28-13)19(23)21-24)29(25,26)17-9-8-16(10-20-17)27-12-15-6-4-3-5-7-15/h3-10,13-14,18,24H,11-12H2,1-2H3,(H,21,23). The zero-order chi connectivity index (χ0) is 21.0. The lowest BCUT2D eigenvalue weighted by Gasteiger charge is -2.40. The van der Waals surface area contributed by atoms with Gasteiger partial charge >= 0.3 is 0 Å². The first-order valence-electron chi connectivity index (χ1n) is 9.07. The van der Waals surface area contributed by atoms with Gasteiger partial charge in [-0.3, -0.25) is 10.0 Å². The highest BCUT2D eigenvalue weighted by Gasteiger charge is 2.44. The first kappa shape index (κ1) is 21.2. The minimum absolute atomic E-state index is 0.0430. The van der Waals surface area contributed by atoms with Gasteiger partial charge in [-0.15, -0.1) is 0 Å². The average Bonchev–Trinajstić information content (AvgIpc) is 2.72. The first-order chi connectivity index (χ1) is 13.8. The largest absolute Gasteiger partial charge is 0.487 e. The second-order valence-electron chi connectivity index (χ2n) is 6.75. The Kier molecular flexibility index (Phi) is 6.48. The number of aromatic nitrogens is 1. The van der Waals surface area contributed by atoms with Crippen molar-refractivity contribution in [3.63, 3.8) is 0 Å². The molecule has 0 spiro atoms. The van der Waals surface area contributed by atoms with Crippen LogP contribution in [-0.4, -0.2) is 53.6 Å². The van der Waals surface area contributed by atoms with Crippen LogP contribution in [0.3, 0.4) is 0 Å². The Morgan fingerprint density at radius 2 is 2.00 bits per heavy atom. The molecule has 0 saturated carbocycles. The second-order valence-corrected chi connectivity index (χ2v) is 8.59. The van der Waals surface area contributed by atoms with Gasteiger partial charge in [-0.25, -0.2) is 18.9 Å². The Morgan fingerprint density at radius 3 is 2.62 bits per heavy atom. The summed E-state index contributed by atoms with van der Waals surface area (Å²) in [6.07, 6.45) is 0.162. The third kappa shape index (κ3) is 4.73. The average molecular weight is 421 g/mol. The molecule has 3 atom stereocenters. The van der Waals surface area contributed by atoms with Crippen molar-refractivity contribution >= 4 is 15.9 Å². The van der Waals surface area contributed by atoms with E-state index in [1.807, 2.05) is 30.3 Å². The minimum Gasteiger partial charge on any atom is -0.487 e. The number of hydrogen-bond acceptors (Lipinski definition) is 7. The Labute approximate surface area is 169 Å². The lowest BCUT2D eigenvalue weighted by atomic mass is 10.1. The molecule has 10 heteroatoms. The normalized spacial score (nSPS) is 22.8. The van der Waals surface area contributed by atoms with E-state index in [1.54, 1.807) is 13.8 Å². The molecule has 156 valence electrons.